The van der Waals surface area contributed by atoms with Crippen LogP contribution >= 0.6 is 0 Å². The highest BCUT2D eigenvalue weighted by atomic mass is 16.5. The van der Waals surface area contributed by atoms with Crippen LogP contribution in [-0.4, -0.2) is 42.3 Å². The first-order valence-electron chi connectivity index (χ1n) is 9.23. The molecule has 2 aromatic rings. The Bertz CT molecular complexity index is 895. The van der Waals surface area contributed by atoms with Crippen LogP contribution in [0.15, 0.2) is 61.2 Å². The Morgan fingerprint density at radius 2 is 1.66 bits per heavy atom. The van der Waals surface area contributed by atoms with Crippen molar-refractivity contribution in [3.63, 3.8) is 0 Å². The number of fused-ring (bicyclic) bond motifs is 3. The molecule has 0 fully saturated rings. The summed E-state index contributed by atoms with van der Waals surface area (Å²) in [6.45, 7) is 3.15. The van der Waals surface area contributed by atoms with Crippen molar-refractivity contribution in [3.8, 4) is 11.1 Å². The molecule has 3 N–H and O–H groups in total. The number of carboxylic acids is 1. The van der Waals surface area contributed by atoms with Gasteiger partial charge in [-0.15, -0.1) is 6.58 Å². The molecular weight excluding hydrogens is 372 g/mol. The zero-order chi connectivity index (χ0) is 20.8. The normalized spacial score (nSPS) is 13.0. The van der Waals surface area contributed by atoms with Crippen molar-refractivity contribution in [3.05, 3.63) is 72.3 Å². The van der Waals surface area contributed by atoms with Crippen molar-refractivity contribution in [2.24, 2.45) is 0 Å². The second-order valence-electron chi connectivity index (χ2n) is 6.66. The zero-order valence-electron chi connectivity index (χ0n) is 15.8. The molecule has 0 heterocycles. The third-order valence-corrected chi connectivity index (χ3v) is 4.77. The summed E-state index contributed by atoms with van der Waals surface area (Å²) in [4.78, 5) is 35.0. The van der Waals surface area contributed by atoms with Crippen molar-refractivity contribution >= 4 is 18.0 Å². The predicted octanol–water partition coefficient (Wildman–Crippen LogP) is 2.67. The molecule has 0 spiro atoms. The molecule has 0 radical (unpaired) electrons. The number of benzene rings is 2. The number of aliphatic carboxylic acids is 1. The zero-order valence-corrected chi connectivity index (χ0v) is 15.8. The minimum atomic E-state index is -1.17. The third kappa shape index (κ3) is 4.63. The van der Waals surface area contributed by atoms with Crippen LogP contribution < -0.4 is 10.6 Å². The molecule has 3 rings (SSSR count). The number of hydrogen-bond acceptors (Lipinski definition) is 4. The van der Waals surface area contributed by atoms with Gasteiger partial charge in [0.05, 0.1) is 0 Å². The van der Waals surface area contributed by atoms with Crippen LogP contribution in [-0.2, 0) is 14.3 Å². The quantitative estimate of drug-likeness (QED) is 0.597. The molecule has 0 aliphatic heterocycles. The number of rotatable bonds is 8. The fourth-order valence-electron chi connectivity index (χ4n) is 3.47. The lowest BCUT2D eigenvalue weighted by atomic mass is 9.98. The van der Waals surface area contributed by atoms with E-state index in [1.165, 1.54) is 6.08 Å². The van der Waals surface area contributed by atoms with E-state index < -0.39 is 30.6 Å². The highest BCUT2D eigenvalue weighted by molar-refractivity contribution is 5.88. The maximum atomic E-state index is 12.3. The Kier molecular flexibility index (Phi) is 6.29. The second kappa shape index (κ2) is 9.05. The summed E-state index contributed by atoms with van der Waals surface area (Å²) < 4.78 is 5.41. The predicted molar refractivity (Wildman–Crippen MR) is 107 cm³/mol. The Morgan fingerprint density at radius 3 is 2.21 bits per heavy atom. The SMILES string of the molecule is C=CCC(NC(=O)OCC1c2ccccc2-c2ccccc21)C(=O)NCC(=O)O. The minimum Gasteiger partial charge on any atom is -0.480 e. The van der Waals surface area contributed by atoms with Crippen LogP contribution in [0.4, 0.5) is 4.79 Å². The molecule has 0 saturated heterocycles. The van der Waals surface area contributed by atoms with E-state index in [1.807, 2.05) is 48.5 Å². The lowest BCUT2D eigenvalue weighted by Crippen LogP contribution is -2.47. The standard InChI is InChI=1S/C22H22N2O5/c1-2-7-19(21(27)23-12-20(25)26)24-22(28)29-13-18-16-10-5-3-8-14(16)15-9-4-6-11-17(15)18/h2-6,8-11,18-19H,1,7,12-13H2,(H,23,27)(H,24,28)(H,25,26). The van der Waals surface area contributed by atoms with E-state index in [4.69, 9.17) is 9.84 Å². The van der Waals surface area contributed by atoms with Gasteiger partial charge in [-0.3, -0.25) is 9.59 Å². The van der Waals surface area contributed by atoms with Gasteiger partial charge < -0.3 is 20.5 Å². The van der Waals surface area contributed by atoms with Gasteiger partial charge in [0.25, 0.3) is 0 Å². The molecule has 150 valence electrons. The molecule has 0 aromatic heterocycles. The van der Waals surface area contributed by atoms with Gasteiger partial charge in [0, 0.05) is 5.92 Å². The van der Waals surface area contributed by atoms with Gasteiger partial charge in [0.2, 0.25) is 5.91 Å². The minimum absolute atomic E-state index is 0.0909. The molecule has 1 aliphatic carbocycles. The van der Waals surface area contributed by atoms with E-state index in [9.17, 15) is 14.4 Å². The van der Waals surface area contributed by atoms with E-state index in [1.54, 1.807) is 0 Å². The monoisotopic (exact) mass is 394 g/mol. The van der Waals surface area contributed by atoms with Crippen LogP contribution in [0, 0.1) is 0 Å². The number of hydrogen-bond donors (Lipinski definition) is 3. The largest absolute Gasteiger partial charge is 0.480 e. The first kappa shape index (κ1) is 20.1. The smallest absolute Gasteiger partial charge is 0.407 e. The van der Waals surface area contributed by atoms with Crippen molar-refractivity contribution in [1.82, 2.24) is 10.6 Å². The van der Waals surface area contributed by atoms with E-state index in [-0.39, 0.29) is 18.9 Å². The maximum Gasteiger partial charge on any atom is 0.407 e. The molecule has 7 heteroatoms. The van der Waals surface area contributed by atoms with Gasteiger partial charge in [0.1, 0.15) is 19.2 Å². The van der Waals surface area contributed by atoms with Crippen LogP contribution in [0.2, 0.25) is 0 Å². The molecule has 7 nitrogen and oxygen atoms in total. The van der Waals surface area contributed by atoms with Gasteiger partial charge in [-0.2, -0.15) is 0 Å². The van der Waals surface area contributed by atoms with Crippen LogP contribution in [0.3, 0.4) is 0 Å². The molecule has 0 bridgehead atoms. The van der Waals surface area contributed by atoms with Gasteiger partial charge in [-0.05, 0) is 28.7 Å². The van der Waals surface area contributed by atoms with Crippen LogP contribution in [0.1, 0.15) is 23.5 Å². The number of amides is 2. The fraction of sp³-hybridized carbons (Fsp3) is 0.227. The van der Waals surface area contributed by atoms with E-state index in [0.717, 1.165) is 22.3 Å². The van der Waals surface area contributed by atoms with E-state index >= 15 is 0 Å². The number of carboxylic acid groups (broad SMARTS) is 1. The Hall–Kier alpha value is -3.61. The van der Waals surface area contributed by atoms with Crippen LogP contribution in [0.5, 0.6) is 0 Å². The highest BCUT2D eigenvalue weighted by Crippen LogP contribution is 2.44. The van der Waals surface area contributed by atoms with Crippen LogP contribution in [0.25, 0.3) is 11.1 Å². The van der Waals surface area contributed by atoms with Crippen molar-refractivity contribution in [2.75, 3.05) is 13.2 Å². The highest BCUT2D eigenvalue weighted by Gasteiger charge is 2.29. The molecule has 1 atom stereocenters. The Labute approximate surface area is 168 Å². The topological polar surface area (TPSA) is 105 Å². The van der Waals surface area contributed by atoms with Gasteiger partial charge >= 0.3 is 12.1 Å². The molecule has 2 amide bonds. The fourth-order valence-corrected chi connectivity index (χ4v) is 3.47. The summed E-state index contributed by atoms with van der Waals surface area (Å²) in [5, 5.41) is 13.4. The molecule has 29 heavy (non-hydrogen) atoms. The second-order valence-corrected chi connectivity index (χ2v) is 6.66. The number of carbonyl (C=O) groups is 3. The Balaban J connectivity index is 1.65. The lowest BCUT2D eigenvalue weighted by molar-refractivity contribution is -0.138. The molecule has 1 unspecified atom stereocenters. The lowest BCUT2D eigenvalue weighted by Gasteiger charge is -2.18. The first-order valence-corrected chi connectivity index (χ1v) is 9.23. The van der Waals surface area contributed by atoms with Gasteiger partial charge in [-0.1, -0.05) is 54.6 Å². The summed E-state index contributed by atoms with van der Waals surface area (Å²) in [6.07, 6.45) is 0.869. The van der Waals surface area contributed by atoms with Crippen molar-refractivity contribution < 1.29 is 24.2 Å². The molecule has 1 aliphatic rings. The number of alkyl carbamates (subject to hydrolysis) is 1. The van der Waals surface area contributed by atoms with Crippen molar-refractivity contribution in [2.45, 2.75) is 18.4 Å². The maximum absolute atomic E-state index is 12.3. The van der Waals surface area contributed by atoms with Gasteiger partial charge in [0.15, 0.2) is 0 Å². The summed E-state index contributed by atoms with van der Waals surface area (Å²) in [6, 6.07) is 15.0. The average molecular weight is 394 g/mol. The third-order valence-electron chi connectivity index (χ3n) is 4.77. The Morgan fingerprint density at radius 1 is 1.07 bits per heavy atom. The van der Waals surface area contributed by atoms with Crippen molar-refractivity contribution in [1.29, 1.82) is 0 Å². The average Bonchev–Trinajstić information content (AvgIpc) is 3.04. The number of ether oxygens (including phenoxy) is 1. The van der Waals surface area contributed by atoms with Gasteiger partial charge in [-0.25, -0.2) is 4.79 Å². The summed E-state index contributed by atoms with van der Waals surface area (Å²) >= 11 is 0. The molecular formula is C22H22N2O5. The first-order chi connectivity index (χ1) is 14.0. The summed E-state index contributed by atoms with van der Waals surface area (Å²) in [5.41, 5.74) is 4.41. The summed E-state index contributed by atoms with van der Waals surface area (Å²) in [5.74, 6) is -1.87. The summed E-state index contributed by atoms with van der Waals surface area (Å²) in [7, 11) is 0. The van der Waals surface area contributed by atoms with E-state index in [0.29, 0.717) is 0 Å². The van der Waals surface area contributed by atoms with E-state index in [2.05, 4.69) is 17.2 Å². The number of carbonyl (C=O) groups excluding carboxylic acids is 2. The molecule has 2 aromatic carbocycles. The number of nitrogens with one attached hydrogen (secondary N) is 2. The molecule has 0 saturated carbocycles.